The number of benzene rings is 1. The lowest BCUT2D eigenvalue weighted by Crippen LogP contribution is -2.36. The van der Waals surface area contributed by atoms with Crippen LogP contribution in [-0.2, 0) is 13.0 Å². The summed E-state index contributed by atoms with van der Waals surface area (Å²) in [5.41, 5.74) is 2.21. The van der Waals surface area contributed by atoms with Gasteiger partial charge in [0, 0.05) is 22.2 Å². The minimum Gasteiger partial charge on any atom is -0.332 e. The van der Waals surface area contributed by atoms with E-state index >= 15 is 0 Å². The number of amides is 2. The second kappa shape index (κ2) is 8.52. The molecule has 3 atom stereocenters. The number of carbonyl (C=O) groups is 1. The van der Waals surface area contributed by atoms with Crippen LogP contribution in [0.2, 0.25) is 5.02 Å². The highest BCUT2D eigenvalue weighted by molar-refractivity contribution is 8.00. The van der Waals surface area contributed by atoms with E-state index in [9.17, 15) is 4.79 Å². The highest BCUT2D eigenvalue weighted by atomic mass is 35.5. The van der Waals surface area contributed by atoms with Crippen molar-refractivity contribution in [1.29, 1.82) is 0 Å². The van der Waals surface area contributed by atoms with Gasteiger partial charge < -0.3 is 10.6 Å². The maximum absolute atomic E-state index is 11.4. The monoisotopic (exact) mass is 405 g/mol. The zero-order valence-electron chi connectivity index (χ0n) is 15.1. The number of nitrogens with zero attached hydrogens (tertiary/aromatic N) is 3. The van der Waals surface area contributed by atoms with Gasteiger partial charge in [0.1, 0.15) is 0 Å². The molecule has 0 spiro atoms. The Hall–Kier alpha value is -1.73. The third-order valence-corrected chi connectivity index (χ3v) is 6.96. The van der Waals surface area contributed by atoms with Crippen molar-refractivity contribution >= 4 is 29.4 Å². The van der Waals surface area contributed by atoms with Gasteiger partial charge in [-0.3, -0.25) is 0 Å². The average Bonchev–Trinajstić information content (AvgIpc) is 3.34. The molecule has 0 aliphatic carbocycles. The SMILES string of the molecule is O=C1N[C@H]2[C@H](CS[C@H]2CCCCCc2cn(Cc3ccc(Cl)cc3)nn2)N1. The minimum absolute atomic E-state index is 0.00279. The molecule has 6 nitrogen and oxygen atoms in total. The Morgan fingerprint density at radius 2 is 2.04 bits per heavy atom. The number of carbonyl (C=O) groups excluding carboxylic acids is 1. The zero-order chi connectivity index (χ0) is 18.6. The summed E-state index contributed by atoms with van der Waals surface area (Å²) in [4.78, 5) is 11.4. The Morgan fingerprint density at radius 1 is 1.19 bits per heavy atom. The van der Waals surface area contributed by atoms with E-state index in [1.807, 2.05) is 46.9 Å². The molecule has 2 saturated heterocycles. The number of urea groups is 1. The van der Waals surface area contributed by atoms with Crippen LogP contribution in [0.25, 0.3) is 0 Å². The normalized spacial score (nSPS) is 23.9. The lowest BCUT2D eigenvalue weighted by atomic mass is 10.0. The van der Waals surface area contributed by atoms with E-state index < -0.39 is 0 Å². The van der Waals surface area contributed by atoms with Gasteiger partial charge in [0.05, 0.1) is 24.3 Å². The summed E-state index contributed by atoms with van der Waals surface area (Å²) < 4.78 is 1.88. The first-order valence-electron chi connectivity index (χ1n) is 9.49. The quantitative estimate of drug-likeness (QED) is 0.522. The number of nitrogens with one attached hydrogen (secondary N) is 2. The summed E-state index contributed by atoms with van der Waals surface area (Å²) in [6.45, 7) is 0.714. The molecular weight excluding hydrogens is 382 g/mol. The van der Waals surface area contributed by atoms with Crippen LogP contribution in [-0.4, -0.2) is 44.1 Å². The summed E-state index contributed by atoms with van der Waals surface area (Å²) in [6.07, 6.45) is 7.65. The summed E-state index contributed by atoms with van der Waals surface area (Å²) in [5, 5.41) is 15.9. The number of fused-ring (bicyclic) bond motifs is 1. The van der Waals surface area contributed by atoms with Gasteiger partial charge in [0.2, 0.25) is 0 Å². The molecule has 2 aromatic rings. The summed E-state index contributed by atoms with van der Waals surface area (Å²) in [6, 6.07) is 8.45. The highest BCUT2D eigenvalue weighted by Gasteiger charge is 2.42. The standard InChI is InChI=1S/C19H24ClN5OS/c20-14-8-6-13(7-9-14)10-25-11-15(23-24-25)4-2-1-3-5-17-18-16(12-27-17)21-19(26)22-18/h6-9,11,16-18H,1-5,10,12H2,(H2,21,22,26)/t16-,17-,18-/m0/s1. The Morgan fingerprint density at radius 3 is 2.89 bits per heavy atom. The third kappa shape index (κ3) is 4.76. The third-order valence-electron chi connectivity index (χ3n) is 5.20. The Bertz CT molecular complexity index is 781. The van der Waals surface area contributed by atoms with Gasteiger partial charge in [-0.25, -0.2) is 9.48 Å². The minimum atomic E-state index is -0.00279. The first-order valence-corrected chi connectivity index (χ1v) is 10.9. The van der Waals surface area contributed by atoms with Crippen molar-refractivity contribution in [3.8, 4) is 0 Å². The van der Waals surface area contributed by atoms with E-state index in [1.54, 1.807) is 0 Å². The maximum atomic E-state index is 11.4. The fraction of sp³-hybridized carbons (Fsp3) is 0.526. The number of aromatic nitrogens is 3. The number of aryl methyl sites for hydroxylation is 1. The number of thioether (sulfide) groups is 1. The van der Waals surface area contributed by atoms with Gasteiger partial charge in [0.25, 0.3) is 0 Å². The molecule has 2 N–H and O–H groups in total. The van der Waals surface area contributed by atoms with E-state index in [0.29, 0.717) is 23.9 Å². The van der Waals surface area contributed by atoms with Crippen molar-refractivity contribution in [1.82, 2.24) is 25.6 Å². The van der Waals surface area contributed by atoms with Crippen LogP contribution in [0.3, 0.4) is 0 Å². The number of hydrogen-bond donors (Lipinski definition) is 2. The molecule has 2 aliphatic heterocycles. The molecule has 2 fully saturated rings. The molecular formula is C19H24ClN5OS. The van der Waals surface area contributed by atoms with Gasteiger partial charge in [0.15, 0.2) is 0 Å². The molecule has 0 radical (unpaired) electrons. The lowest BCUT2D eigenvalue weighted by molar-refractivity contribution is 0.247. The predicted molar refractivity (Wildman–Crippen MR) is 108 cm³/mol. The first kappa shape index (κ1) is 18.6. The molecule has 144 valence electrons. The molecule has 1 aromatic heterocycles. The summed E-state index contributed by atoms with van der Waals surface area (Å²) in [7, 11) is 0. The Labute approximate surface area is 168 Å². The van der Waals surface area contributed by atoms with E-state index in [1.165, 1.54) is 12.8 Å². The molecule has 0 unspecified atom stereocenters. The van der Waals surface area contributed by atoms with Crippen molar-refractivity contribution < 1.29 is 4.79 Å². The van der Waals surface area contributed by atoms with E-state index in [4.69, 9.17) is 11.6 Å². The van der Waals surface area contributed by atoms with Crippen molar-refractivity contribution in [2.75, 3.05) is 5.75 Å². The van der Waals surface area contributed by atoms with Gasteiger partial charge in [-0.05, 0) is 37.0 Å². The molecule has 27 heavy (non-hydrogen) atoms. The maximum Gasteiger partial charge on any atom is 0.315 e. The Kier molecular flexibility index (Phi) is 5.88. The highest BCUT2D eigenvalue weighted by Crippen LogP contribution is 2.33. The molecule has 8 heteroatoms. The van der Waals surface area contributed by atoms with Gasteiger partial charge in [-0.15, -0.1) is 5.10 Å². The van der Waals surface area contributed by atoms with Crippen LogP contribution < -0.4 is 10.6 Å². The Balaban J connectivity index is 1.15. The number of hydrogen-bond acceptors (Lipinski definition) is 4. The van der Waals surface area contributed by atoms with Crippen LogP contribution in [0.1, 0.15) is 36.9 Å². The van der Waals surface area contributed by atoms with Crippen LogP contribution in [0, 0.1) is 0 Å². The summed E-state index contributed by atoms with van der Waals surface area (Å²) in [5.74, 6) is 1.03. The van der Waals surface area contributed by atoms with Crippen LogP contribution in [0.15, 0.2) is 30.5 Å². The van der Waals surface area contributed by atoms with Crippen molar-refractivity contribution in [3.05, 3.63) is 46.7 Å². The molecule has 1 aromatic carbocycles. The van der Waals surface area contributed by atoms with Crippen molar-refractivity contribution in [2.24, 2.45) is 0 Å². The molecule has 0 saturated carbocycles. The van der Waals surface area contributed by atoms with Crippen molar-refractivity contribution in [3.63, 3.8) is 0 Å². The van der Waals surface area contributed by atoms with E-state index in [0.717, 1.165) is 41.3 Å². The van der Waals surface area contributed by atoms with Gasteiger partial charge in [-0.1, -0.05) is 41.8 Å². The molecule has 0 bridgehead atoms. The zero-order valence-corrected chi connectivity index (χ0v) is 16.7. The van der Waals surface area contributed by atoms with Crippen LogP contribution in [0.4, 0.5) is 4.79 Å². The van der Waals surface area contributed by atoms with E-state index in [2.05, 4.69) is 20.9 Å². The van der Waals surface area contributed by atoms with Gasteiger partial charge >= 0.3 is 6.03 Å². The predicted octanol–water partition coefficient (Wildman–Crippen LogP) is 3.25. The second-order valence-electron chi connectivity index (χ2n) is 7.26. The largest absolute Gasteiger partial charge is 0.332 e. The van der Waals surface area contributed by atoms with Crippen LogP contribution in [0.5, 0.6) is 0 Å². The number of rotatable bonds is 8. The lowest BCUT2D eigenvalue weighted by Gasteiger charge is -2.16. The number of halogens is 1. The molecule has 4 rings (SSSR count). The fourth-order valence-electron chi connectivity index (χ4n) is 3.78. The van der Waals surface area contributed by atoms with Crippen molar-refractivity contribution in [2.45, 2.75) is 56.0 Å². The number of unbranched alkanes of at least 4 members (excludes halogenated alkanes) is 2. The fourth-order valence-corrected chi connectivity index (χ4v) is 5.45. The molecule has 3 heterocycles. The summed E-state index contributed by atoms with van der Waals surface area (Å²) >= 11 is 7.90. The molecule has 2 amide bonds. The van der Waals surface area contributed by atoms with E-state index in [-0.39, 0.29) is 6.03 Å². The topological polar surface area (TPSA) is 71.8 Å². The average molecular weight is 406 g/mol. The second-order valence-corrected chi connectivity index (χ2v) is 8.96. The smallest absolute Gasteiger partial charge is 0.315 e. The molecule has 2 aliphatic rings. The van der Waals surface area contributed by atoms with Crippen LogP contribution >= 0.6 is 23.4 Å². The first-order chi connectivity index (χ1) is 13.2. The van der Waals surface area contributed by atoms with Gasteiger partial charge in [-0.2, -0.15) is 11.8 Å².